The number of hydrogen-bond acceptors (Lipinski definition) is 4. The summed E-state index contributed by atoms with van der Waals surface area (Å²) < 4.78 is 24.7. The van der Waals surface area contributed by atoms with Crippen LogP contribution in [0, 0.1) is 5.82 Å². The van der Waals surface area contributed by atoms with E-state index in [2.05, 4.69) is 10.7 Å². The SMILES string of the molecule is NNc1c(F)cccc1C(=O)NC1CCS(=O)CC1. The molecule has 0 spiro atoms. The van der Waals surface area contributed by atoms with Crippen LogP contribution < -0.4 is 16.6 Å². The molecule has 2 rings (SSSR count). The molecular weight excluding hydrogens is 269 g/mol. The maximum Gasteiger partial charge on any atom is 0.253 e. The summed E-state index contributed by atoms with van der Waals surface area (Å²) in [4.78, 5) is 12.1. The highest BCUT2D eigenvalue weighted by Crippen LogP contribution is 2.19. The highest BCUT2D eigenvalue weighted by atomic mass is 32.2. The lowest BCUT2D eigenvalue weighted by Crippen LogP contribution is -2.40. The number of carbonyl (C=O) groups excluding carboxylic acids is 1. The molecule has 0 atom stereocenters. The molecule has 0 aromatic heterocycles. The zero-order chi connectivity index (χ0) is 13.8. The second kappa shape index (κ2) is 6.12. The van der Waals surface area contributed by atoms with E-state index < -0.39 is 16.6 Å². The van der Waals surface area contributed by atoms with Gasteiger partial charge in [-0.1, -0.05) is 6.07 Å². The molecule has 1 heterocycles. The first-order chi connectivity index (χ1) is 9.11. The molecule has 0 bridgehead atoms. The number of carbonyl (C=O) groups is 1. The van der Waals surface area contributed by atoms with Gasteiger partial charge in [-0.15, -0.1) is 0 Å². The van der Waals surface area contributed by atoms with Gasteiger partial charge in [0, 0.05) is 28.3 Å². The van der Waals surface area contributed by atoms with Crippen LogP contribution in [0.3, 0.4) is 0 Å². The second-order valence-corrected chi connectivity index (χ2v) is 6.10. The van der Waals surface area contributed by atoms with Gasteiger partial charge in [0.05, 0.1) is 11.3 Å². The lowest BCUT2D eigenvalue weighted by atomic mass is 10.1. The highest BCUT2D eigenvalue weighted by Gasteiger charge is 2.22. The molecule has 4 N–H and O–H groups in total. The molecular formula is C12H16FN3O2S. The normalized spacial score (nSPS) is 22.8. The van der Waals surface area contributed by atoms with Gasteiger partial charge in [0.1, 0.15) is 5.82 Å². The first kappa shape index (κ1) is 14.0. The Balaban J connectivity index is 2.08. The molecule has 1 saturated heterocycles. The van der Waals surface area contributed by atoms with Crippen molar-refractivity contribution in [3.8, 4) is 0 Å². The highest BCUT2D eigenvalue weighted by molar-refractivity contribution is 7.85. The Morgan fingerprint density at radius 2 is 2.05 bits per heavy atom. The van der Waals surface area contributed by atoms with Crippen molar-refractivity contribution >= 4 is 22.4 Å². The monoisotopic (exact) mass is 285 g/mol. The molecule has 1 aliphatic rings. The van der Waals surface area contributed by atoms with Crippen molar-refractivity contribution in [2.24, 2.45) is 5.84 Å². The molecule has 1 aromatic carbocycles. The summed E-state index contributed by atoms with van der Waals surface area (Å²) in [6, 6.07) is 4.19. The fraction of sp³-hybridized carbons (Fsp3) is 0.417. The van der Waals surface area contributed by atoms with E-state index >= 15 is 0 Å². The predicted molar refractivity (Wildman–Crippen MR) is 72.6 cm³/mol. The van der Waals surface area contributed by atoms with Gasteiger partial charge < -0.3 is 10.7 Å². The quantitative estimate of drug-likeness (QED) is 0.565. The Morgan fingerprint density at radius 1 is 1.37 bits per heavy atom. The average Bonchev–Trinajstić information content (AvgIpc) is 2.41. The number of halogens is 1. The van der Waals surface area contributed by atoms with Crippen molar-refractivity contribution in [1.29, 1.82) is 0 Å². The van der Waals surface area contributed by atoms with Crippen molar-refractivity contribution in [1.82, 2.24) is 5.32 Å². The van der Waals surface area contributed by atoms with E-state index in [4.69, 9.17) is 5.84 Å². The van der Waals surface area contributed by atoms with Crippen LogP contribution in [0.2, 0.25) is 0 Å². The van der Waals surface area contributed by atoms with Gasteiger partial charge in [0.2, 0.25) is 0 Å². The number of nitrogens with one attached hydrogen (secondary N) is 2. The van der Waals surface area contributed by atoms with E-state index in [1.165, 1.54) is 18.2 Å². The summed E-state index contributed by atoms with van der Waals surface area (Å²) >= 11 is 0. The van der Waals surface area contributed by atoms with Crippen LogP contribution in [0.1, 0.15) is 23.2 Å². The van der Waals surface area contributed by atoms with Gasteiger partial charge in [-0.05, 0) is 25.0 Å². The molecule has 5 nitrogen and oxygen atoms in total. The summed E-state index contributed by atoms with van der Waals surface area (Å²) in [7, 11) is -0.774. The lowest BCUT2D eigenvalue weighted by Gasteiger charge is -2.23. The van der Waals surface area contributed by atoms with Crippen LogP contribution in [0.25, 0.3) is 0 Å². The van der Waals surface area contributed by atoms with Gasteiger partial charge in [-0.2, -0.15) is 0 Å². The van der Waals surface area contributed by atoms with Crippen molar-refractivity contribution < 1.29 is 13.4 Å². The molecule has 1 aromatic rings. The smallest absolute Gasteiger partial charge is 0.253 e. The summed E-state index contributed by atoms with van der Waals surface area (Å²) in [6.45, 7) is 0. The number of benzene rings is 1. The van der Waals surface area contributed by atoms with E-state index in [0.29, 0.717) is 24.3 Å². The fourth-order valence-corrected chi connectivity index (χ4v) is 3.36. The molecule has 7 heteroatoms. The van der Waals surface area contributed by atoms with Gasteiger partial charge in [0.25, 0.3) is 5.91 Å². The van der Waals surface area contributed by atoms with Gasteiger partial charge in [-0.25, -0.2) is 4.39 Å². The zero-order valence-corrected chi connectivity index (χ0v) is 11.1. The van der Waals surface area contributed by atoms with Crippen LogP contribution >= 0.6 is 0 Å². The Morgan fingerprint density at radius 3 is 2.68 bits per heavy atom. The minimum absolute atomic E-state index is 0.0145. The molecule has 0 aliphatic carbocycles. The fourth-order valence-electron chi connectivity index (χ4n) is 2.06. The molecule has 1 fully saturated rings. The number of nitrogens with two attached hydrogens (primary N) is 1. The standard InChI is InChI=1S/C12H16FN3O2S/c13-10-3-1-2-9(11(10)16-14)12(17)15-8-4-6-19(18)7-5-8/h1-3,8,16H,4-7,14H2,(H,15,17). The number of hydrogen-bond donors (Lipinski definition) is 3. The summed E-state index contributed by atoms with van der Waals surface area (Å²) in [5.74, 6) is 5.48. The van der Waals surface area contributed by atoms with E-state index in [1.807, 2.05) is 0 Å². The van der Waals surface area contributed by atoms with Crippen LogP contribution in [-0.4, -0.2) is 27.7 Å². The Bertz CT molecular complexity index is 500. The second-order valence-electron chi connectivity index (χ2n) is 4.40. The first-order valence-electron chi connectivity index (χ1n) is 6.02. The Hall–Kier alpha value is -1.47. The summed E-state index contributed by atoms with van der Waals surface area (Å²) in [5, 5.41) is 2.82. The van der Waals surface area contributed by atoms with Gasteiger partial charge in [-0.3, -0.25) is 14.8 Å². The number of anilines is 1. The minimum Gasteiger partial charge on any atom is -0.349 e. The van der Waals surface area contributed by atoms with Gasteiger partial charge in [0.15, 0.2) is 0 Å². The van der Waals surface area contributed by atoms with E-state index in [9.17, 15) is 13.4 Å². The maximum absolute atomic E-state index is 13.5. The van der Waals surface area contributed by atoms with E-state index in [1.54, 1.807) is 0 Å². The lowest BCUT2D eigenvalue weighted by molar-refractivity contribution is 0.0935. The molecule has 1 aliphatic heterocycles. The minimum atomic E-state index is -0.774. The number of hydrazine groups is 1. The van der Waals surface area contributed by atoms with Crippen LogP contribution in [-0.2, 0) is 10.8 Å². The number of nitrogen functional groups attached to an aromatic ring is 1. The van der Waals surface area contributed by atoms with E-state index in [-0.39, 0.29) is 23.2 Å². The topological polar surface area (TPSA) is 84.2 Å². The van der Waals surface area contributed by atoms with Crippen molar-refractivity contribution in [2.45, 2.75) is 18.9 Å². The third-order valence-electron chi connectivity index (χ3n) is 3.13. The van der Waals surface area contributed by atoms with Crippen molar-refractivity contribution in [3.05, 3.63) is 29.6 Å². The van der Waals surface area contributed by atoms with Crippen LogP contribution in [0.4, 0.5) is 10.1 Å². The Labute approximate surface area is 113 Å². The largest absolute Gasteiger partial charge is 0.349 e. The number of rotatable bonds is 3. The molecule has 0 unspecified atom stereocenters. The molecule has 104 valence electrons. The Kier molecular flexibility index (Phi) is 4.49. The number of amides is 1. The number of para-hydroxylation sites is 1. The molecule has 1 amide bonds. The molecule has 19 heavy (non-hydrogen) atoms. The predicted octanol–water partition coefficient (Wildman–Crippen LogP) is 0.752. The average molecular weight is 285 g/mol. The maximum atomic E-state index is 13.5. The van der Waals surface area contributed by atoms with Crippen molar-refractivity contribution in [2.75, 3.05) is 16.9 Å². The summed E-state index contributed by atoms with van der Waals surface area (Å²) in [5.41, 5.74) is 2.37. The summed E-state index contributed by atoms with van der Waals surface area (Å²) in [6.07, 6.45) is 1.36. The van der Waals surface area contributed by atoms with Gasteiger partial charge >= 0.3 is 0 Å². The third-order valence-corrected chi connectivity index (χ3v) is 4.51. The zero-order valence-electron chi connectivity index (χ0n) is 10.3. The van der Waals surface area contributed by atoms with Crippen molar-refractivity contribution in [3.63, 3.8) is 0 Å². The van der Waals surface area contributed by atoms with Crippen LogP contribution in [0.15, 0.2) is 18.2 Å². The first-order valence-corrected chi connectivity index (χ1v) is 7.51. The third kappa shape index (κ3) is 3.30. The van der Waals surface area contributed by atoms with E-state index in [0.717, 1.165) is 0 Å². The van der Waals surface area contributed by atoms with Crippen LogP contribution in [0.5, 0.6) is 0 Å². The molecule has 0 saturated carbocycles. The molecule has 0 radical (unpaired) electrons.